The summed E-state index contributed by atoms with van der Waals surface area (Å²) in [7, 11) is 1.49. The number of hydrogen-bond acceptors (Lipinski definition) is 5. The number of anilines is 2. The van der Waals surface area contributed by atoms with Gasteiger partial charge in [-0.3, -0.25) is 14.4 Å². The summed E-state index contributed by atoms with van der Waals surface area (Å²) in [4.78, 5) is 36.8. The molecule has 2 N–H and O–H groups in total. The Bertz CT molecular complexity index is 1090. The van der Waals surface area contributed by atoms with Gasteiger partial charge in [-0.2, -0.15) is 5.10 Å². The molecule has 2 aromatic carbocycles. The van der Waals surface area contributed by atoms with Crippen LogP contribution in [0.5, 0.6) is 5.75 Å². The van der Waals surface area contributed by atoms with Crippen LogP contribution < -0.4 is 20.9 Å². The predicted molar refractivity (Wildman–Crippen MR) is 109 cm³/mol. The molecular weight excluding hydrogens is 372 g/mol. The van der Waals surface area contributed by atoms with Crippen molar-refractivity contribution in [3.8, 4) is 5.75 Å². The maximum Gasteiger partial charge on any atom is 0.276 e. The third kappa shape index (κ3) is 5.07. The smallest absolute Gasteiger partial charge is 0.276 e. The first-order valence-corrected chi connectivity index (χ1v) is 8.85. The minimum atomic E-state index is -0.493. The zero-order valence-corrected chi connectivity index (χ0v) is 16.0. The summed E-state index contributed by atoms with van der Waals surface area (Å²) in [5.74, 6) is -0.458. The molecule has 0 aliphatic heterocycles. The monoisotopic (exact) mass is 392 g/mol. The summed E-state index contributed by atoms with van der Waals surface area (Å²) >= 11 is 0. The molecule has 0 bridgehead atoms. The Morgan fingerprint density at radius 3 is 2.45 bits per heavy atom. The van der Waals surface area contributed by atoms with Crippen LogP contribution in [-0.4, -0.2) is 28.7 Å². The molecule has 3 aromatic rings. The summed E-state index contributed by atoms with van der Waals surface area (Å²) in [5.41, 5.74) is 1.67. The highest BCUT2D eigenvalue weighted by atomic mass is 16.5. The van der Waals surface area contributed by atoms with Gasteiger partial charge in [0.15, 0.2) is 0 Å². The minimum Gasteiger partial charge on any atom is -0.495 e. The Balaban J connectivity index is 1.73. The molecule has 8 nitrogen and oxygen atoms in total. The second-order valence-corrected chi connectivity index (χ2v) is 6.28. The van der Waals surface area contributed by atoms with Crippen molar-refractivity contribution < 1.29 is 14.3 Å². The van der Waals surface area contributed by atoms with Gasteiger partial charge >= 0.3 is 0 Å². The van der Waals surface area contributed by atoms with E-state index in [1.807, 2.05) is 19.1 Å². The largest absolute Gasteiger partial charge is 0.495 e. The SMILES string of the molecule is COc1ccccc1NC(=O)Cn1nc(C(=O)Nc2ccc(C)cc2)ccc1=O. The van der Waals surface area contributed by atoms with Crippen LogP contribution in [0.3, 0.4) is 0 Å². The van der Waals surface area contributed by atoms with E-state index in [1.165, 1.54) is 19.2 Å². The fraction of sp³-hybridized carbons (Fsp3) is 0.143. The third-order valence-electron chi connectivity index (χ3n) is 4.08. The number of para-hydroxylation sites is 2. The van der Waals surface area contributed by atoms with Crippen molar-refractivity contribution in [2.45, 2.75) is 13.5 Å². The number of nitrogens with one attached hydrogen (secondary N) is 2. The lowest BCUT2D eigenvalue weighted by molar-refractivity contribution is -0.117. The summed E-state index contributed by atoms with van der Waals surface area (Å²) in [6.07, 6.45) is 0. The second kappa shape index (κ2) is 8.83. The standard InChI is InChI=1S/C21H20N4O4/c1-14-7-9-15(10-8-14)22-21(28)17-11-12-20(27)25(24-17)13-19(26)23-16-5-3-4-6-18(16)29-2/h3-12H,13H2,1-2H3,(H,22,28)(H,23,26). The number of aromatic nitrogens is 2. The van der Waals surface area contributed by atoms with Crippen molar-refractivity contribution in [1.29, 1.82) is 0 Å². The van der Waals surface area contributed by atoms with Crippen molar-refractivity contribution in [3.05, 3.63) is 82.3 Å². The summed E-state index contributed by atoms with van der Waals surface area (Å²) in [6, 6.07) is 16.7. The number of benzene rings is 2. The van der Waals surface area contributed by atoms with Crippen LogP contribution in [0.2, 0.25) is 0 Å². The number of amides is 2. The van der Waals surface area contributed by atoms with Gasteiger partial charge < -0.3 is 15.4 Å². The number of carbonyl (C=O) groups is 2. The molecule has 1 heterocycles. The average molecular weight is 392 g/mol. The Labute approximate surface area is 167 Å². The summed E-state index contributed by atoms with van der Waals surface area (Å²) < 4.78 is 6.12. The van der Waals surface area contributed by atoms with Crippen LogP contribution in [0.4, 0.5) is 11.4 Å². The van der Waals surface area contributed by atoms with Gasteiger partial charge in [-0.15, -0.1) is 0 Å². The highest BCUT2D eigenvalue weighted by Crippen LogP contribution is 2.22. The van der Waals surface area contributed by atoms with E-state index < -0.39 is 17.4 Å². The van der Waals surface area contributed by atoms with E-state index >= 15 is 0 Å². The quantitative estimate of drug-likeness (QED) is 0.671. The zero-order valence-electron chi connectivity index (χ0n) is 16.0. The molecule has 0 aliphatic rings. The first-order chi connectivity index (χ1) is 14.0. The molecule has 0 atom stereocenters. The van der Waals surface area contributed by atoms with Crippen molar-refractivity contribution in [2.24, 2.45) is 0 Å². The van der Waals surface area contributed by atoms with Gasteiger partial charge in [0, 0.05) is 11.8 Å². The molecule has 0 saturated heterocycles. The lowest BCUT2D eigenvalue weighted by Gasteiger charge is -2.11. The molecule has 1 aromatic heterocycles. The number of rotatable bonds is 6. The van der Waals surface area contributed by atoms with Crippen LogP contribution in [0.25, 0.3) is 0 Å². The van der Waals surface area contributed by atoms with Crippen molar-refractivity contribution in [1.82, 2.24) is 9.78 Å². The number of hydrogen-bond donors (Lipinski definition) is 2. The van der Waals surface area contributed by atoms with Gasteiger partial charge in [-0.1, -0.05) is 29.8 Å². The van der Waals surface area contributed by atoms with E-state index in [0.29, 0.717) is 17.1 Å². The van der Waals surface area contributed by atoms with Crippen LogP contribution in [0.15, 0.2) is 65.5 Å². The highest BCUT2D eigenvalue weighted by Gasteiger charge is 2.13. The average Bonchev–Trinajstić information content (AvgIpc) is 2.71. The van der Waals surface area contributed by atoms with Gasteiger partial charge in [0.25, 0.3) is 11.5 Å². The van der Waals surface area contributed by atoms with Crippen LogP contribution in [0.1, 0.15) is 16.1 Å². The second-order valence-electron chi connectivity index (χ2n) is 6.28. The number of carbonyl (C=O) groups excluding carboxylic acids is 2. The fourth-order valence-corrected chi connectivity index (χ4v) is 2.59. The van der Waals surface area contributed by atoms with E-state index in [2.05, 4.69) is 15.7 Å². The lowest BCUT2D eigenvalue weighted by Crippen LogP contribution is -2.31. The van der Waals surface area contributed by atoms with E-state index in [0.717, 1.165) is 10.2 Å². The lowest BCUT2D eigenvalue weighted by atomic mass is 10.2. The Kier molecular flexibility index (Phi) is 6.03. The fourth-order valence-electron chi connectivity index (χ4n) is 2.59. The molecule has 0 aliphatic carbocycles. The number of ether oxygens (including phenoxy) is 1. The molecular formula is C21H20N4O4. The van der Waals surface area contributed by atoms with Gasteiger partial charge in [-0.05, 0) is 37.3 Å². The molecule has 0 fully saturated rings. The molecule has 148 valence electrons. The molecule has 0 saturated carbocycles. The van der Waals surface area contributed by atoms with Crippen molar-refractivity contribution >= 4 is 23.2 Å². The van der Waals surface area contributed by atoms with Crippen LogP contribution >= 0.6 is 0 Å². The first kappa shape index (κ1) is 19.8. The van der Waals surface area contributed by atoms with E-state index in [1.54, 1.807) is 36.4 Å². The predicted octanol–water partition coefficient (Wildman–Crippen LogP) is 2.45. The zero-order chi connectivity index (χ0) is 20.8. The number of aryl methyl sites for hydroxylation is 1. The molecule has 3 rings (SSSR count). The molecule has 0 unspecified atom stereocenters. The minimum absolute atomic E-state index is 0.0234. The van der Waals surface area contributed by atoms with Crippen LogP contribution in [-0.2, 0) is 11.3 Å². The third-order valence-corrected chi connectivity index (χ3v) is 4.08. The Morgan fingerprint density at radius 1 is 1.00 bits per heavy atom. The van der Waals surface area contributed by atoms with Gasteiger partial charge in [0.1, 0.15) is 18.0 Å². The molecule has 2 amide bonds. The molecule has 0 radical (unpaired) electrons. The van der Waals surface area contributed by atoms with Gasteiger partial charge in [0.05, 0.1) is 12.8 Å². The number of nitrogens with zero attached hydrogens (tertiary/aromatic N) is 2. The van der Waals surface area contributed by atoms with Gasteiger partial charge in [0.2, 0.25) is 5.91 Å². The number of methoxy groups -OCH3 is 1. The van der Waals surface area contributed by atoms with E-state index in [-0.39, 0.29) is 12.2 Å². The van der Waals surface area contributed by atoms with Crippen molar-refractivity contribution in [2.75, 3.05) is 17.7 Å². The maximum atomic E-state index is 12.4. The molecule has 0 spiro atoms. The summed E-state index contributed by atoms with van der Waals surface area (Å²) in [5, 5.41) is 9.38. The van der Waals surface area contributed by atoms with Crippen LogP contribution in [0, 0.1) is 6.92 Å². The van der Waals surface area contributed by atoms with E-state index in [4.69, 9.17) is 4.74 Å². The van der Waals surface area contributed by atoms with Crippen molar-refractivity contribution in [3.63, 3.8) is 0 Å². The highest BCUT2D eigenvalue weighted by molar-refractivity contribution is 6.02. The molecule has 8 heteroatoms. The molecule has 29 heavy (non-hydrogen) atoms. The first-order valence-electron chi connectivity index (χ1n) is 8.85. The Morgan fingerprint density at radius 2 is 1.72 bits per heavy atom. The summed E-state index contributed by atoms with van der Waals surface area (Å²) in [6.45, 7) is 1.60. The topological polar surface area (TPSA) is 102 Å². The normalized spacial score (nSPS) is 10.3. The van der Waals surface area contributed by atoms with Gasteiger partial charge in [-0.25, -0.2) is 4.68 Å². The van der Waals surface area contributed by atoms with E-state index in [9.17, 15) is 14.4 Å². The maximum absolute atomic E-state index is 12.4. The Hall–Kier alpha value is -3.94.